The van der Waals surface area contributed by atoms with Gasteiger partial charge in [0, 0.05) is 11.8 Å². The lowest BCUT2D eigenvalue weighted by atomic mass is 10.1. The predicted molar refractivity (Wildman–Crippen MR) is 54.6 cm³/mol. The summed E-state index contributed by atoms with van der Waals surface area (Å²) in [5, 5.41) is 18.3. The second-order valence-corrected chi connectivity index (χ2v) is 3.27. The van der Waals surface area contributed by atoms with Crippen LogP contribution in [0.1, 0.15) is 5.76 Å². The Labute approximate surface area is 87.2 Å². The third-order valence-corrected chi connectivity index (χ3v) is 2.19. The highest BCUT2D eigenvalue weighted by atomic mass is 16.3. The van der Waals surface area contributed by atoms with Crippen LogP contribution in [0.25, 0.3) is 11.0 Å². The summed E-state index contributed by atoms with van der Waals surface area (Å²) in [6, 6.07) is 13.3. The van der Waals surface area contributed by atoms with Crippen molar-refractivity contribution in [3.63, 3.8) is 0 Å². The van der Waals surface area contributed by atoms with Gasteiger partial charge in [0.15, 0.2) is 0 Å². The molecule has 0 N–H and O–H groups in total. The number of para-hydroxylation sites is 1. The number of furan rings is 1. The van der Waals surface area contributed by atoms with Crippen LogP contribution in [0.3, 0.4) is 0 Å². The van der Waals surface area contributed by atoms with Gasteiger partial charge in [0.05, 0.1) is 12.1 Å². The molecule has 1 aromatic heterocycles. The average Bonchev–Trinajstić information content (AvgIpc) is 2.68. The summed E-state index contributed by atoms with van der Waals surface area (Å²) < 4.78 is 5.50. The van der Waals surface area contributed by atoms with Crippen LogP contribution >= 0.6 is 0 Å². The third-order valence-electron chi connectivity index (χ3n) is 2.19. The van der Waals surface area contributed by atoms with E-state index in [4.69, 9.17) is 14.9 Å². The first-order valence-electron chi connectivity index (χ1n) is 4.60. The maximum atomic E-state index is 8.65. The summed E-state index contributed by atoms with van der Waals surface area (Å²) in [6.07, 6.45) is 0.349. The summed E-state index contributed by atoms with van der Waals surface area (Å²) in [5.41, 5.74) is 0.794. The van der Waals surface area contributed by atoms with Gasteiger partial charge in [-0.3, -0.25) is 0 Å². The quantitative estimate of drug-likeness (QED) is 0.741. The molecule has 0 aliphatic rings. The van der Waals surface area contributed by atoms with E-state index in [9.17, 15) is 0 Å². The van der Waals surface area contributed by atoms with Gasteiger partial charge in [-0.1, -0.05) is 18.2 Å². The summed E-state index contributed by atoms with van der Waals surface area (Å²) in [7, 11) is 0. The Balaban J connectivity index is 2.31. The van der Waals surface area contributed by atoms with Gasteiger partial charge in [0.25, 0.3) is 0 Å². The molecule has 72 valence electrons. The molecule has 0 fully saturated rings. The molecule has 0 unspecified atom stereocenters. The highest BCUT2D eigenvalue weighted by molar-refractivity contribution is 5.77. The van der Waals surface area contributed by atoms with Crippen LogP contribution < -0.4 is 0 Å². The standard InChI is InChI=1S/C12H8N2O/c13-7-9(8-14)5-11-6-10-3-1-2-4-12(10)15-11/h1-4,6,9H,5H2. The van der Waals surface area contributed by atoms with E-state index in [0.29, 0.717) is 12.2 Å². The fraction of sp³-hybridized carbons (Fsp3) is 0.167. The van der Waals surface area contributed by atoms with Crippen LogP contribution in [-0.4, -0.2) is 0 Å². The lowest BCUT2D eigenvalue weighted by Gasteiger charge is -1.93. The van der Waals surface area contributed by atoms with Crippen molar-refractivity contribution in [2.45, 2.75) is 6.42 Å². The van der Waals surface area contributed by atoms with Gasteiger partial charge in [-0.05, 0) is 12.1 Å². The van der Waals surface area contributed by atoms with Gasteiger partial charge in [-0.25, -0.2) is 0 Å². The van der Waals surface area contributed by atoms with E-state index in [1.165, 1.54) is 0 Å². The zero-order valence-corrected chi connectivity index (χ0v) is 7.97. The number of rotatable bonds is 2. The molecule has 1 aromatic carbocycles. The molecule has 0 aliphatic heterocycles. The van der Waals surface area contributed by atoms with Crippen LogP contribution in [0.2, 0.25) is 0 Å². The van der Waals surface area contributed by atoms with Crippen molar-refractivity contribution < 1.29 is 4.42 Å². The molecule has 0 amide bonds. The molecule has 3 nitrogen and oxygen atoms in total. The number of nitrogens with zero attached hydrogens (tertiary/aromatic N) is 2. The van der Waals surface area contributed by atoms with E-state index < -0.39 is 5.92 Å². The topological polar surface area (TPSA) is 60.7 Å². The summed E-state index contributed by atoms with van der Waals surface area (Å²) in [5.74, 6) is 0.0508. The van der Waals surface area contributed by atoms with Crippen molar-refractivity contribution in [2.24, 2.45) is 5.92 Å². The number of hydrogen-bond acceptors (Lipinski definition) is 3. The second kappa shape index (κ2) is 3.86. The molecule has 0 bridgehead atoms. The largest absolute Gasteiger partial charge is 0.461 e. The highest BCUT2D eigenvalue weighted by Crippen LogP contribution is 2.20. The van der Waals surface area contributed by atoms with Gasteiger partial charge in [-0.2, -0.15) is 10.5 Å². The van der Waals surface area contributed by atoms with Gasteiger partial charge in [0.1, 0.15) is 17.3 Å². The summed E-state index contributed by atoms with van der Waals surface area (Å²) in [4.78, 5) is 0. The average molecular weight is 196 g/mol. The SMILES string of the molecule is N#CC(C#N)Cc1cc2ccccc2o1. The van der Waals surface area contributed by atoms with Crippen molar-refractivity contribution in [2.75, 3.05) is 0 Å². The van der Waals surface area contributed by atoms with E-state index in [0.717, 1.165) is 11.0 Å². The summed E-state index contributed by atoms with van der Waals surface area (Å²) >= 11 is 0. The lowest BCUT2D eigenvalue weighted by Crippen LogP contribution is -1.96. The Kier molecular flexibility index (Phi) is 2.39. The van der Waals surface area contributed by atoms with Gasteiger partial charge >= 0.3 is 0 Å². The van der Waals surface area contributed by atoms with Crippen LogP contribution in [0.15, 0.2) is 34.7 Å². The third kappa shape index (κ3) is 1.82. The maximum absolute atomic E-state index is 8.65. The zero-order valence-electron chi connectivity index (χ0n) is 7.97. The van der Waals surface area contributed by atoms with E-state index >= 15 is 0 Å². The van der Waals surface area contributed by atoms with Crippen LogP contribution in [0.5, 0.6) is 0 Å². The smallest absolute Gasteiger partial charge is 0.140 e. The highest BCUT2D eigenvalue weighted by Gasteiger charge is 2.10. The molecule has 2 rings (SSSR count). The second-order valence-electron chi connectivity index (χ2n) is 3.27. The molecule has 1 heterocycles. The van der Waals surface area contributed by atoms with Crippen molar-refractivity contribution >= 4 is 11.0 Å². The Hall–Kier alpha value is -2.26. The first kappa shape index (κ1) is 9.30. The molecule has 0 spiro atoms. The predicted octanol–water partition coefficient (Wildman–Crippen LogP) is 2.64. The molecule has 0 aliphatic carbocycles. The van der Waals surface area contributed by atoms with Crippen LogP contribution in [-0.2, 0) is 6.42 Å². The van der Waals surface area contributed by atoms with E-state index in [1.54, 1.807) is 0 Å². The van der Waals surface area contributed by atoms with Gasteiger partial charge in [-0.15, -0.1) is 0 Å². The number of fused-ring (bicyclic) bond motifs is 1. The fourth-order valence-electron chi connectivity index (χ4n) is 1.46. The molecule has 15 heavy (non-hydrogen) atoms. The van der Waals surface area contributed by atoms with E-state index in [1.807, 2.05) is 42.5 Å². The van der Waals surface area contributed by atoms with Crippen LogP contribution in [0.4, 0.5) is 0 Å². The monoisotopic (exact) mass is 196 g/mol. The van der Waals surface area contributed by atoms with Gasteiger partial charge < -0.3 is 4.42 Å². The first-order valence-corrected chi connectivity index (χ1v) is 4.60. The minimum Gasteiger partial charge on any atom is -0.461 e. The molecule has 0 radical (unpaired) electrons. The van der Waals surface area contributed by atoms with Gasteiger partial charge in [0.2, 0.25) is 0 Å². The van der Waals surface area contributed by atoms with Crippen LogP contribution in [0, 0.1) is 28.6 Å². The minimum atomic E-state index is -0.634. The minimum absolute atomic E-state index is 0.349. The Morgan fingerprint density at radius 3 is 2.60 bits per heavy atom. The van der Waals surface area contributed by atoms with Crippen molar-refractivity contribution in [1.82, 2.24) is 0 Å². The summed E-state index contributed by atoms with van der Waals surface area (Å²) in [6.45, 7) is 0. The Morgan fingerprint density at radius 2 is 1.93 bits per heavy atom. The molecular weight excluding hydrogens is 188 g/mol. The zero-order chi connectivity index (χ0) is 10.7. The fourth-order valence-corrected chi connectivity index (χ4v) is 1.46. The normalized spacial score (nSPS) is 10.1. The first-order chi connectivity index (χ1) is 7.33. The molecular formula is C12H8N2O. The van der Waals surface area contributed by atoms with E-state index in [-0.39, 0.29) is 0 Å². The molecule has 2 aromatic rings. The van der Waals surface area contributed by atoms with Crippen molar-refractivity contribution in [3.05, 3.63) is 36.1 Å². The van der Waals surface area contributed by atoms with E-state index in [2.05, 4.69) is 0 Å². The van der Waals surface area contributed by atoms with Crippen molar-refractivity contribution in [3.8, 4) is 12.1 Å². The molecule has 0 saturated carbocycles. The number of nitriles is 2. The van der Waals surface area contributed by atoms with Crippen molar-refractivity contribution in [1.29, 1.82) is 10.5 Å². The maximum Gasteiger partial charge on any atom is 0.140 e. The lowest BCUT2D eigenvalue weighted by molar-refractivity contribution is 0.534. The molecule has 0 saturated heterocycles. The Bertz CT molecular complexity index is 510. The number of benzene rings is 1. The molecule has 3 heteroatoms. The number of hydrogen-bond donors (Lipinski definition) is 0. The Morgan fingerprint density at radius 1 is 1.20 bits per heavy atom. The molecule has 0 atom stereocenters.